The van der Waals surface area contributed by atoms with Crippen LogP contribution in [0.4, 0.5) is 17.6 Å². The summed E-state index contributed by atoms with van der Waals surface area (Å²) < 4.78 is 89.2. The number of fused-ring (bicyclic) bond motifs is 3. The van der Waals surface area contributed by atoms with Gasteiger partial charge in [0.25, 0.3) is 0 Å². The summed E-state index contributed by atoms with van der Waals surface area (Å²) in [6.45, 7) is 1.95. The molecule has 38 heavy (non-hydrogen) atoms. The minimum Gasteiger partial charge on any atom is -0.489 e. The predicted octanol–water partition coefficient (Wildman–Crippen LogP) is 6.20. The molecule has 0 bridgehead atoms. The van der Waals surface area contributed by atoms with Gasteiger partial charge in [-0.3, -0.25) is 0 Å². The van der Waals surface area contributed by atoms with Crippen molar-refractivity contribution in [2.24, 2.45) is 11.8 Å². The highest BCUT2D eigenvalue weighted by molar-refractivity contribution is 7.90. The van der Waals surface area contributed by atoms with Crippen molar-refractivity contribution < 1.29 is 35.5 Å². The molecule has 0 aliphatic heterocycles. The molecule has 1 saturated carbocycles. The number of hydrogen-bond donors (Lipinski definition) is 0. The maximum Gasteiger partial charge on any atom is 0.421 e. The van der Waals surface area contributed by atoms with E-state index in [1.807, 2.05) is 12.1 Å². The summed E-state index contributed by atoms with van der Waals surface area (Å²) in [6, 6.07) is 10.8. The van der Waals surface area contributed by atoms with Crippen LogP contribution in [0, 0.1) is 17.7 Å². The highest BCUT2D eigenvalue weighted by atomic mass is 32.2. The van der Waals surface area contributed by atoms with Gasteiger partial charge in [-0.1, -0.05) is 19.1 Å². The van der Waals surface area contributed by atoms with Crippen LogP contribution >= 0.6 is 0 Å². The zero-order chi connectivity index (χ0) is 27.2. The Hall–Kier alpha value is -3.14. The minimum absolute atomic E-state index is 0.0331. The van der Waals surface area contributed by atoms with E-state index in [2.05, 4.69) is 18.0 Å². The Morgan fingerprint density at radius 1 is 1.05 bits per heavy atom. The second kappa shape index (κ2) is 9.87. The molecule has 2 aliphatic rings. The fraction of sp³-hybridized carbons (Fsp3) is 0.393. The molecule has 0 spiro atoms. The number of pyridine rings is 1. The van der Waals surface area contributed by atoms with Gasteiger partial charge in [-0.2, -0.15) is 13.2 Å². The number of hydrogen-bond acceptors (Lipinski definition) is 5. The molecule has 3 atom stereocenters. The molecule has 1 fully saturated rings. The second-order valence-electron chi connectivity index (χ2n) is 10.1. The molecule has 0 saturated heterocycles. The fourth-order valence-corrected chi connectivity index (χ4v) is 5.89. The molecule has 5 nitrogen and oxygen atoms in total. The molecule has 5 rings (SSSR count). The SMILES string of the molecule is C[C@H]1[C@@H]2Cc3cc(OCc4cc(-c5cnc(OCCCS(C)(=O)=O)c(C(F)(F)F)c5)ccc4F)ccc3[C@H]12. The van der Waals surface area contributed by atoms with Crippen molar-refractivity contribution in [1.29, 1.82) is 0 Å². The average molecular weight is 550 g/mol. The third-order valence-corrected chi connectivity index (χ3v) is 8.35. The number of aromatic nitrogens is 1. The van der Waals surface area contributed by atoms with Crippen molar-refractivity contribution in [3.63, 3.8) is 0 Å². The normalized spacial score (nSPS) is 20.1. The largest absolute Gasteiger partial charge is 0.489 e. The highest BCUT2D eigenvalue weighted by Crippen LogP contribution is 2.61. The molecule has 202 valence electrons. The van der Waals surface area contributed by atoms with Crippen molar-refractivity contribution in [2.75, 3.05) is 18.6 Å². The van der Waals surface area contributed by atoms with Crippen molar-refractivity contribution in [1.82, 2.24) is 4.98 Å². The van der Waals surface area contributed by atoms with E-state index in [9.17, 15) is 26.0 Å². The maximum atomic E-state index is 14.6. The first-order chi connectivity index (χ1) is 17.9. The Labute approximate surface area is 218 Å². The van der Waals surface area contributed by atoms with Gasteiger partial charge in [-0.25, -0.2) is 17.8 Å². The molecule has 1 aromatic heterocycles. The number of alkyl halides is 3. The summed E-state index contributed by atoms with van der Waals surface area (Å²) in [4.78, 5) is 3.83. The van der Waals surface area contributed by atoms with Crippen molar-refractivity contribution in [3.05, 3.63) is 76.7 Å². The smallest absolute Gasteiger partial charge is 0.421 e. The van der Waals surface area contributed by atoms with Crippen molar-refractivity contribution >= 4 is 9.84 Å². The van der Waals surface area contributed by atoms with E-state index in [0.717, 1.165) is 24.7 Å². The quantitative estimate of drug-likeness (QED) is 0.235. The zero-order valence-corrected chi connectivity index (χ0v) is 21.7. The van der Waals surface area contributed by atoms with E-state index >= 15 is 0 Å². The van der Waals surface area contributed by atoms with E-state index in [-0.39, 0.29) is 36.5 Å². The fourth-order valence-electron chi connectivity index (χ4n) is 5.24. The van der Waals surface area contributed by atoms with Crippen LogP contribution in [0.5, 0.6) is 11.6 Å². The third-order valence-electron chi connectivity index (χ3n) is 7.32. The van der Waals surface area contributed by atoms with E-state index in [1.54, 1.807) is 0 Å². The number of rotatable bonds is 9. The van der Waals surface area contributed by atoms with Gasteiger partial charge < -0.3 is 9.47 Å². The van der Waals surface area contributed by atoms with Crippen LogP contribution in [0.1, 0.15) is 41.5 Å². The highest BCUT2D eigenvalue weighted by Gasteiger charge is 2.52. The Bertz CT molecular complexity index is 1470. The molecular formula is C28H27F4NO4S. The van der Waals surface area contributed by atoms with Crippen LogP contribution in [-0.2, 0) is 29.0 Å². The monoisotopic (exact) mass is 549 g/mol. The standard InChI is InChI=1S/C28H27F4NO4S/c1-16-23-12-18-11-21(5-6-22(18)26(16)23)37-15-20-10-17(4-7-25(20)29)19-13-24(28(30,31)32)27(33-14-19)36-8-3-9-38(2,34)35/h4-7,10-11,13-14,16,23,26H,3,8-9,12,15H2,1-2H3/t16-,23-,26-/m0/s1. The summed E-state index contributed by atoms with van der Waals surface area (Å²) in [7, 11) is -3.26. The molecule has 2 aliphatic carbocycles. The average Bonchev–Trinajstić information content (AvgIpc) is 3.30. The lowest BCUT2D eigenvalue weighted by atomic mass is 10.0. The Kier molecular flexibility index (Phi) is 6.87. The van der Waals surface area contributed by atoms with E-state index < -0.39 is 33.3 Å². The first-order valence-corrected chi connectivity index (χ1v) is 14.4. The first kappa shape index (κ1) is 26.5. The Morgan fingerprint density at radius 3 is 2.58 bits per heavy atom. The molecule has 0 N–H and O–H groups in total. The van der Waals surface area contributed by atoms with Gasteiger partial charge in [0.1, 0.15) is 33.6 Å². The van der Waals surface area contributed by atoms with Gasteiger partial charge in [-0.15, -0.1) is 0 Å². The predicted molar refractivity (Wildman–Crippen MR) is 134 cm³/mol. The lowest BCUT2D eigenvalue weighted by molar-refractivity contribution is -0.139. The van der Waals surface area contributed by atoms with Crippen LogP contribution in [0.25, 0.3) is 11.1 Å². The van der Waals surface area contributed by atoms with Crippen LogP contribution in [0.2, 0.25) is 0 Å². The van der Waals surface area contributed by atoms with Crippen LogP contribution in [-0.4, -0.2) is 32.0 Å². The van der Waals surface area contributed by atoms with Gasteiger partial charge in [0.05, 0.1) is 12.4 Å². The number of nitrogens with zero attached hydrogens (tertiary/aromatic N) is 1. The van der Waals surface area contributed by atoms with Gasteiger partial charge in [0.2, 0.25) is 5.88 Å². The van der Waals surface area contributed by atoms with Crippen LogP contribution in [0.3, 0.4) is 0 Å². The summed E-state index contributed by atoms with van der Waals surface area (Å²) >= 11 is 0. The Balaban J connectivity index is 1.31. The number of benzene rings is 2. The summed E-state index contributed by atoms with van der Waals surface area (Å²) in [6.07, 6.45) is -1.45. The number of sulfone groups is 1. The molecular weight excluding hydrogens is 522 g/mol. The van der Waals surface area contributed by atoms with Crippen LogP contribution < -0.4 is 9.47 Å². The zero-order valence-electron chi connectivity index (χ0n) is 20.9. The van der Waals surface area contributed by atoms with Crippen LogP contribution in [0.15, 0.2) is 48.7 Å². The molecule has 0 unspecified atom stereocenters. The lowest BCUT2D eigenvalue weighted by Gasteiger charge is -2.15. The van der Waals surface area contributed by atoms with E-state index in [1.165, 1.54) is 35.5 Å². The van der Waals surface area contributed by atoms with Gasteiger partial charge in [-0.05, 0) is 77.6 Å². The topological polar surface area (TPSA) is 65.5 Å². The van der Waals surface area contributed by atoms with Crippen molar-refractivity contribution in [2.45, 2.75) is 38.5 Å². The molecule has 10 heteroatoms. The van der Waals surface area contributed by atoms with Gasteiger partial charge in [0.15, 0.2) is 0 Å². The lowest BCUT2D eigenvalue weighted by Crippen LogP contribution is -2.13. The molecule has 0 radical (unpaired) electrons. The second-order valence-corrected chi connectivity index (χ2v) is 12.4. The number of ether oxygens (including phenoxy) is 2. The maximum absolute atomic E-state index is 14.6. The molecule has 0 amide bonds. The third kappa shape index (κ3) is 5.65. The molecule has 2 aromatic carbocycles. The minimum atomic E-state index is -4.76. The number of halogens is 4. The molecule has 1 heterocycles. The Morgan fingerprint density at radius 2 is 1.84 bits per heavy atom. The van der Waals surface area contributed by atoms with Gasteiger partial charge in [0, 0.05) is 23.6 Å². The van der Waals surface area contributed by atoms with Crippen molar-refractivity contribution in [3.8, 4) is 22.8 Å². The van der Waals surface area contributed by atoms with E-state index in [4.69, 9.17) is 9.47 Å². The summed E-state index contributed by atoms with van der Waals surface area (Å²) in [5.41, 5.74) is 2.20. The molecule has 3 aromatic rings. The van der Waals surface area contributed by atoms with E-state index in [0.29, 0.717) is 23.1 Å². The summed E-state index contributed by atoms with van der Waals surface area (Å²) in [5.74, 6) is 1.31. The first-order valence-electron chi connectivity index (χ1n) is 12.3. The summed E-state index contributed by atoms with van der Waals surface area (Å²) in [5, 5.41) is 0. The van der Waals surface area contributed by atoms with Gasteiger partial charge >= 0.3 is 6.18 Å².